The third-order valence-corrected chi connectivity index (χ3v) is 5.97. The van der Waals surface area contributed by atoms with Crippen molar-refractivity contribution in [2.45, 2.75) is 6.54 Å². The highest BCUT2D eigenvalue weighted by molar-refractivity contribution is 7.92. The van der Waals surface area contributed by atoms with Crippen LogP contribution in [0.4, 0.5) is 10.1 Å². The Balaban J connectivity index is 1.78. The molecule has 7 nitrogen and oxygen atoms in total. The third-order valence-electron chi connectivity index (χ3n) is 4.82. The predicted molar refractivity (Wildman–Crippen MR) is 107 cm³/mol. The molecule has 1 saturated heterocycles. The van der Waals surface area contributed by atoms with E-state index in [4.69, 9.17) is 0 Å². The molecule has 0 unspecified atom stereocenters. The lowest BCUT2D eigenvalue weighted by molar-refractivity contribution is -0.119. The number of carbonyl (C=O) groups excluding carboxylic acids is 2. The maximum atomic E-state index is 14.0. The molecule has 0 N–H and O–H groups in total. The monoisotopic (exact) mass is 419 g/mol. The molecule has 0 radical (unpaired) electrons. The first-order valence-corrected chi connectivity index (χ1v) is 10.9. The first-order valence-electron chi connectivity index (χ1n) is 9.09. The Bertz CT molecular complexity index is 987. The number of anilines is 1. The molecule has 0 atom stereocenters. The maximum absolute atomic E-state index is 14.0. The normalized spacial score (nSPS) is 14.6. The van der Waals surface area contributed by atoms with Crippen LogP contribution in [0.5, 0.6) is 0 Å². The average molecular weight is 419 g/mol. The molecule has 0 spiro atoms. The van der Waals surface area contributed by atoms with Crippen molar-refractivity contribution in [3.8, 4) is 0 Å². The van der Waals surface area contributed by atoms with Crippen LogP contribution in [0.25, 0.3) is 0 Å². The third kappa shape index (κ3) is 4.92. The first kappa shape index (κ1) is 20.8. The minimum Gasteiger partial charge on any atom is -0.342 e. The summed E-state index contributed by atoms with van der Waals surface area (Å²) >= 11 is 0. The molecule has 0 bridgehead atoms. The quantitative estimate of drug-likeness (QED) is 0.668. The lowest BCUT2D eigenvalue weighted by Crippen LogP contribution is -2.48. The van der Waals surface area contributed by atoms with Gasteiger partial charge < -0.3 is 9.80 Å². The van der Waals surface area contributed by atoms with Gasteiger partial charge in [-0.25, -0.2) is 12.8 Å². The minimum absolute atomic E-state index is 0.146. The van der Waals surface area contributed by atoms with Crippen molar-refractivity contribution < 1.29 is 22.4 Å². The lowest BCUT2D eigenvalue weighted by atomic mass is 10.1. The number of carbonyl (C=O) groups is 2. The Labute approximate surface area is 169 Å². The predicted octanol–water partition coefficient (Wildman–Crippen LogP) is 1.71. The number of rotatable bonds is 6. The van der Waals surface area contributed by atoms with E-state index in [1.807, 2.05) is 0 Å². The maximum Gasteiger partial charge on any atom is 0.253 e. The standard InChI is InChI=1S/C20H22FN3O4S/c1-29(27,28)24(14-17-4-2-3-5-19(17)21)18-8-6-16(7-9-18)20(26)23-12-10-22(15-25)11-13-23/h2-9,15H,10-14H2,1H3. The molecule has 0 aromatic heterocycles. The Morgan fingerprint density at radius 3 is 2.24 bits per heavy atom. The van der Waals surface area contributed by atoms with Gasteiger partial charge in [-0.1, -0.05) is 18.2 Å². The number of hydrogen-bond acceptors (Lipinski definition) is 4. The van der Waals surface area contributed by atoms with Crippen LogP contribution in [0.15, 0.2) is 48.5 Å². The van der Waals surface area contributed by atoms with Gasteiger partial charge in [-0.15, -0.1) is 0 Å². The van der Waals surface area contributed by atoms with Crippen LogP contribution in [0.3, 0.4) is 0 Å². The summed E-state index contributed by atoms with van der Waals surface area (Å²) in [7, 11) is -3.66. The molecule has 154 valence electrons. The highest BCUT2D eigenvalue weighted by atomic mass is 32.2. The van der Waals surface area contributed by atoms with Gasteiger partial charge in [-0.3, -0.25) is 13.9 Å². The van der Waals surface area contributed by atoms with E-state index < -0.39 is 15.8 Å². The fourth-order valence-corrected chi connectivity index (χ4v) is 4.04. The van der Waals surface area contributed by atoms with Crippen molar-refractivity contribution in [3.05, 3.63) is 65.5 Å². The second-order valence-electron chi connectivity index (χ2n) is 6.84. The zero-order valence-electron chi connectivity index (χ0n) is 16.0. The van der Waals surface area contributed by atoms with E-state index in [1.54, 1.807) is 34.1 Å². The Hall–Kier alpha value is -2.94. The molecule has 9 heteroatoms. The summed E-state index contributed by atoms with van der Waals surface area (Å²) in [6, 6.07) is 12.2. The number of nitrogens with zero attached hydrogens (tertiary/aromatic N) is 3. The van der Waals surface area contributed by atoms with Gasteiger partial charge in [0.15, 0.2) is 0 Å². The number of sulfonamides is 1. The molecule has 2 aromatic carbocycles. The Morgan fingerprint density at radius 1 is 1.07 bits per heavy atom. The van der Waals surface area contributed by atoms with Crippen molar-refractivity contribution in [3.63, 3.8) is 0 Å². The van der Waals surface area contributed by atoms with Gasteiger partial charge in [-0.2, -0.15) is 0 Å². The SMILES string of the molecule is CS(=O)(=O)N(Cc1ccccc1F)c1ccc(C(=O)N2CCN(C=O)CC2)cc1. The van der Waals surface area contributed by atoms with Gasteiger partial charge >= 0.3 is 0 Å². The number of piperazine rings is 1. The summed E-state index contributed by atoms with van der Waals surface area (Å²) in [6.07, 6.45) is 1.82. The number of amides is 2. The Kier molecular flexibility index (Phi) is 6.17. The van der Waals surface area contributed by atoms with Crippen molar-refractivity contribution >= 4 is 28.0 Å². The van der Waals surface area contributed by atoms with Gasteiger partial charge in [0, 0.05) is 37.3 Å². The van der Waals surface area contributed by atoms with Gasteiger partial charge in [0.1, 0.15) is 5.82 Å². The van der Waals surface area contributed by atoms with Crippen LogP contribution in [0.2, 0.25) is 0 Å². The van der Waals surface area contributed by atoms with E-state index >= 15 is 0 Å². The summed E-state index contributed by atoms with van der Waals surface area (Å²) in [5.41, 5.74) is 1.02. The molecule has 3 rings (SSSR count). The lowest BCUT2D eigenvalue weighted by Gasteiger charge is -2.32. The topological polar surface area (TPSA) is 78.0 Å². The Morgan fingerprint density at radius 2 is 1.69 bits per heavy atom. The second-order valence-corrected chi connectivity index (χ2v) is 8.75. The van der Waals surface area contributed by atoms with Gasteiger partial charge in [-0.05, 0) is 30.3 Å². The summed E-state index contributed by atoms with van der Waals surface area (Å²) in [6.45, 7) is 1.71. The highest BCUT2D eigenvalue weighted by Gasteiger charge is 2.23. The van der Waals surface area contributed by atoms with Gasteiger partial charge in [0.05, 0.1) is 18.5 Å². The molecule has 29 heavy (non-hydrogen) atoms. The molecule has 2 aromatic rings. The molecule has 1 aliphatic heterocycles. The van der Waals surface area contributed by atoms with E-state index in [0.717, 1.165) is 17.0 Å². The molecule has 0 aliphatic carbocycles. The molecular weight excluding hydrogens is 397 g/mol. The van der Waals surface area contributed by atoms with Crippen molar-refractivity contribution in [1.82, 2.24) is 9.80 Å². The van der Waals surface area contributed by atoms with Crippen LogP contribution in [-0.2, 0) is 21.4 Å². The summed E-state index contributed by atoms with van der Waals surface area (Å²) in [4.78, 5) is 26.7. The molecule has 2 amide bonds. The van der Waals surface area contributed by atoms with Crippen LogP contribution in [0.1, 0.15) is 15.9 Å². The van der Waals surface area contributed by atoms with E-state index in [-0.39, 0.29) is 18.0 Å². The smallest absolute Gasteiger partial charge is 0.253 e. The van der Waals surface area contributed by atoms with Gasteiger partial charge in [0.25, 0.3) is 5.91 Å². The average Bonchev–Trinajstić information content (AvgIpc) is 2.72. The fraction of sp³-hybridized carbons (Fsp3) is 0.300. The van der Waals surface area contributed by atoms with Crippen LogP contribution in [0, 0.1) is 5.82 Å². The van der Waals surface area contributed by atoms with Crippen LogP contribution < -0.4 is 4.31 Å². The zero-order valence-corrected chi connectivity index (χ0v) is 16.8. The van der Waals surface area contributed by atoms with Crippen molar-refractivity contribution in [2.75, 3.05) is 36.7 Å². The molecule has 1 aliphatic rings. The van der Waals surface area contributed by atoms with Gasteiger partial charge in [0.2, 0.25) is 16.4 Å². The highest BCUT2D eigenvalue weighted by Crippen LogP contribution is 2.23. The first-order chi connectivity index (χ1) is 13.8. The largest absolute Gasteiger partial charge is 0.342 e. The number of benzene rings is 2. The molecule has 1 heterocycles. The van der Waals surface area contributed by atoms with E-state index in [9.17, 15) is 22.4 Å². The summed E-state index contributed by atoms with van der Waals surface area (Å²) in [5, 5.41) is 0. The number of hydrogen-bond donors (Lipinski definition) is 0. The number of halogens is 1. The summed E-state index contributed by atoms with van der Waals surface area (Å²) in [5.74, 6) is -0.662. The molecule has 1 fully saturated rings. The second kappa shape index (κ2) is 8.60. The summed E-state index contributed by atoms with van der Waals surface area (Å²) < 4.78 is 39.6. The molecular formula is C20H22FN3O4S. The van der Waals surface area contributed by atoms with Crippen molar-refractivity contribution in [2.24, 2.45) is 0 Å². The molecule has 0 saturated carbocycles. The van der Waals surface area contributed by atoms with E-state index in [0.29, 0.717) is 37.4 Å². The van der Waals surface area contributed by atoms with E-state index in [2.05, 4.69) is 0 Å². The van der Waals surface area contributed by atoms with Crippen molar-refractivity contribution in [1.29, 1.82) is 0 Å². The van der Waals surface area contributed by atoms with Crippen LogP contribution >= 0.6 is 0 Å². The fourth-order valence-electron chi connectivity index (χ4n) is 3.16. The zero-order chi connectivity index (χ0) is 21.0. The van der Waals surface area contributed by atoms with E-state index in [1.165, 1.54) is 24.3 Å². The van der Waals surface area contributed by atoms with Crippen LogP contribution in [-0.4, -0.2) is 63.0 Å². The minimum atomic E-state index is -3.66.